The number of benzene rings is 1. The van der Waals surface area contributed by atoms with Crippen molar-refractivity contribution in [3.8, 4) is 0 Å². The number of carbonyl (C=O) groups is 1. The normalized spacial score (nSPS) is 20.6. The summed E-state index contributed by atoms with van der Waals surface area (Å²) in [6.45, 7) is 3.79. The average Bonchev–Trinajstić information content (AvgIpc) is 3.11. The van der Waals surface area contributed by atoms with E-state index in [9.17, 15) is 4.79 Å². The van der Waals surface area contributed by atoms with E-state index in [-0.39, 0.29) is 6.03 Å². The van der Waals surface area contributed by atoms with Gasteiger partial charge < -0.3 is 16.0 Å². The fraction of sp³-hybridized carbons (Fsp3) is 0.500. The molecule has 2 heterocycles. The van der Waals surface area contributed by atoms with Gasteiger partial charge in [-0.15, -0.1) is 10.2 Å². The summed E-state index contributed by atoms with van der Waals surface area (Å²) in [5, 5.41) is 11.8. The molecular formula is C18H24N6OS. The molecule has 1 saturated heterocycles. The van der Waals surface area contributed by atoms with Crippen molar-refractivity contribution in [3.05, 3.63) is 40.4 Å². The van der Waals surface area contributed by atoms with Crippen LogP contribution in [0.25, 0.3) is 0 Å². The van der Waals surface area contributed by atoms with Crippen LogP contribution < -0.4 is 11.1 Å². The van der Waals surface area contributed by atoms with Crippen molar-refractivity contribution in [2.24, 2.45) is 0 Å². The Morgan fingerprint density at radius 2 is 1.96 bits per heavy atom. The maximum atomic E-state index is 12.3. The predicted molar refractivity (Wildman–Crippen MR) is 102 cm³/mol. The monoisotopic (exact) mass is 372 g/mol. The summed E-state index contributed by atoms with van der Waals surface area (Å²) in [5.41, 5.74) is 8.55. The maximum Gasteiger partial charge on any atom is 0.317 e. The van der Waals surface area contributed by atoms with E-state index < -0.39 is 0 Å². The van der Waals surface area contributed by atoms with Crippen LogP contribution in [-0.4, -0.2) is 58.2 Å². The van der Waals surface area contributed by atoms with Crippen LogP contribution in [0.1, 0.15) is 22.6 Å². The summed E-state index contributed by atoms with van der Waals surface area (Å²) in [7, 11) is 0. The largest absolute Gasteiger partial charge is 0.374 e. The molecule has 0 unspecified atom stereocenters. The van der Waals surface area contributed by atoms with Crippen molar-refractivity contribution < 1.29 is 4.79 Å². The van der Waals surface area contributed by atoms with Gasteiger partial charge in [-0.2, -0.15) is 0 Å². The molecule has 0 radical (unpaired) electrons. The number of fused-ring (bicyclic) bond motifs is 1. The Bertz CT molecular complexity index is 771. The first kappa shape index (κ1) is 17.2. The number of nitrogens with two attached hydrogens (primary N) is 1. The summed E-state index contributed by atoms with van der Waals surface area (Å²) in [6.07, 6.45) is 3.50. The zero-order valence-electron chi connectivity index (χ0n) is 14.7. The van der Waals surface area contributed by atoms with Crippen molar-refractivity contribution in [1.29, 1.82) is 0 Å². The molecule has 4 rings (SSSR count). The zero-order chi connectivity index (χ0) is 17.9. The van der Waals surface area contributed by atoms with E-state index in [1.165, 1.54) is 28.9 Å². The first-order chi connectivity index (χ1) is 12.7. The number of hydrogen-bond donors (Lipinski definition) is 2. The second-order valence-corrected chi connectivity index (χ2v) is 7.97. The number of nitrogen functional groups attached to an aromatic ring is 1. The molecule has 8 heteroatoms. The molecule has 0 bridgehead atoms. The van der Waals surface area contributed by atoms with Crippen LogP contribution in [0.15, 0.2) is 24.3 Å². The van der Waals surface area contributed by atoms with Gasteiger partial charge in [0.2, 0.25) is 5.13 Å². The number of urea groups is 1. The van der Waals surface area contributed by atoms with Crippen LogP contribution >= 0.6 is 11.3 Å². The third kappa shape index (κ3) is 3.81. The number of piperazine rings is 1. The summed E-state index contributed by atoms with van der Waals surface area (Å²) in [4.78, 5) is 16.8. The number of aryl methyl sites for hydroxylation is 1. The van der Waals surface area contributed by atoms with Gasteiger partial charge in [-0.05, 0) is 30.4 Å². The van der Waals surface area contributed by atoms with E-state index in [0.29, 0.717) is 17.7 Å². The quantitative estimate of drug-likeness (QED) is 0.853. The highest BCUT2D eigenvalue weighted by molar-refractivity contribution is 7.15. The van der Waals surface area contributed by atoms with Crippen molar-refractivity contribution >= 4 is 22.5 Å². The smallest absolute Gasteiger partial charge is 0.317 e. The fourth-order valence-electron chi connectivity index (χ4n) is 3.88. The third-order valence-corrected chi connectivity index (χ3v) is 6.06. The topological polar surface area (TPSA) is 87.4 Å². The van der Waals surface area contributed by atoms with E-state index in [1.54, 1.807) is 0 Å². The number of nitrogens with one attached hydrogen (secondary N) is 1. The van der Waals surface area contributed by atoms with Gasteiger partial charge in [0.1, 0.15) is 5.01 Å². The minimum absolute atomic E-state index is 0.0348. The summed E-state index contributed by atoms with van der Waals surface area (Å²) in [6, 6.07) is 9.33. The molecule has 138 valence electrons. The van der Waals surface area contributed by atoms with Gasteiger partial charge in [0.15, 0.2) is 0 Å². The molecule has 0 spiro atoms. The SMILES string of the molecule is Nc1nnc(CNC(=O)N2CCN([C@@H]3CCc4ccccc4C3)CC2)s1. The number of rotatable bonds is 3. The predicted octanol–water partition coefficient (Wildman–Crippen LogP) is 1.51. The fourth-order valence-corrected chi connectivity index (χ4v) is 4.43. The lowest BCUT2D eigenvalue weighted by molar-refractivity contribution is 0.101. The number of amides is 2. The Morgan fingerprint density at radius 3 is 2.69 bits per heavy atom. The van der Waals surface area contributed by atoms with Gasteiger partial charge in [0.05, 0.1) is 6.54 Å². The molecule has 0 saturated carbocycles. The Hall–Kier alpha value is -2.19. The highest BCUT2D eigenvalue weighted by Gasteiger charge is 2.28. The molecule has 1 atom stereocenters. The summed E-state index contributed by atoms with van der Waals surface area (Å²) in [5.74, 6) is 0. The lowest BCUT2D eigenvalue weighted by Crippen LogP contribution is -2.55. The third-order valence-electron chi connectivity index (χ3n) is 5.31. The van der Waals surface area contributed by atoms with Crippen molar-refractivity contribution in [2.45, 2.75) is 31.8 Å². The van der Waals surface area contributed by atoms with Gasteiger partial charge in [-0.3, -0.25) is 4.90 Å². The van der Waals surface area contributed by atoms with Gasteiger partial charge in [0.25, 0.3) is 0 Å². The molecular weight excluding hydrogens is 348 g/mol. The number of hydrogen-bond acceptors (Lipinski definition) is 6. The highest BCUT2D eigenvalue weighted by Crippen LogP contribution is 2.25. The molecule has 2 aromatic rings. The molecule has 7 nitrogen and oxygen atoms in total. The molecule has 1 aromatic heterocycles. The first-order valence-electron chi connectivity index (χ1n) is 9.10. The van der Waals surface area contributed by atoms with Crippen molar-refractivity contribution in [1.82, 2.24) is 25.3 Å². The lowest BCUT2D eigenvalue weighted by Gasteiger charge is -2.41. The number of anilines is 1. The van der Waals surface area contributed by atoms with E-state index in [1.807, 2.05) is 4.90 Å². The summed E-state index contributed by atoms with van der Waals surface area (Å²) < 4.78 is 0. The Labute approximate surface area is 157 Å². The Balaban J connectivity index is 1.26. The first-order valence-corrected chi connectivity index (χ1v) is 9.92. The molecule has 26 heavy (non-hydrogen) atoms. The van der Waals surface area contributed by atoms with Gasteiger partial charge in [0, 0.05) is 32.2 Å². The standard InChI is InChI=1S/C18H24N6OS/c19-17-22-21-16(26-17)12-20-18(25)24-9-7-23(8-10-24)15-6-5-13-3-1-2-4-14(13)11-15/h1-4,15H,5-12H2,(H2,19,22)(H,20,25)/t15-/m1/s1. The molecule has 1 aromatic carbocycles. The second-order valence-electron chi connectivity index (χ2n) is 6.88. The lowest BCUT2D eigenvalue weighted by atomic mass is 9.87. The van der Waals surface area contributed by atoms with Crippen LogP contribution in [-0.2, 0) is 19.4 Å². The molecule has 2 amide bonds. The van der Waals surface area contributed by atoms with Gasteiger partial charge in [-0.1, -0.05) is 35.6 Å². The molecule has 2 aliphatic rings. The van der Waals surface area contributed by atoms with E-state index in [0.717, 1.165) is 44.0 Å². The number of nitrogens with zero attached hydrogens (tertiary/aromatic N) is 4. The number of aromatic nitrogens is 2. The average molecular weight is 372 g/mol. The zero-order valence-corrected chi connectivity index (χ0v) is 15.5. The number of carbonyl (C=O) groups excluding carboxylic acids is 1. The summed E-state index contributed by atoms with van der Waals surface area (Å²) >= 11 is 1.30. The maximum absolute atomic E-state index is 12.3. The van der Waals surface area contributed by atoms with Crippen LogP contribution in [0.4, 0.5) is 9.93 Å². The van der Waals surface area contributed by atoms with Crippen LogP contribution in [0.3, 0.4) is 0 Å². The minimum Gasteiger partial charge on any atom is -0.374 e. The Kier molecular flexibility index (Phi) is 5.03. The molecule has 1 aliphatic heterocycles. The van der Waals surface area contributed by atoms with Gasteiger partial charge >= 0.3 is 6.03 Å². The molecule has 1 fully saturated rings. The Morgan fingerprint density at radius 1 is 1.19 bits per heavy atom. The van der Waals surface area contributed by atoms with Crippen molar-refractivity contribution in [3.63, 3.8) is 0 Å². The van der Waals surface area contributed by atoms with E-state index in [4.69, 9.17) is 5.73 Å². The van der Waals surface area contributed by atoms with E-state index >= 15 is 0 Å². The van der Waals surface area contributed by atoms with Crippen LogP contribution in [0.2, 0.25) is 0 Å². The van der Waals surface area contributed by atoms with Crippen LogP contribution in [0, 0.1) is 0 Å². The second kappa shape index (κ2) is 7.59. The van der Waals surface area contributed by atoms with E-state index in [2.05, 4.69) is 44.7 Å². The highest BCUT2D eigenvalue weighted by atomic mass is 32.1. The van der Waals surface area contributed by atoms with Crippen molar-refractivity contribution in [2.75, 3.05) is 31.9 Å². The molecule has 1 aliphatic carbocycles. The molecule has 3 N–H and O–H groups in total. The van der Waals surface area contributed by atoms with Crippen LogP contribution in [0.5, 0.6) is 0 Å². The minimum atomic E-state index is -0.0348. The van der Waals surface area contributed by atoms with Gasteiger partial charge in [-0.25, -0.2) is 4.79 Å².